The molecule has 1 aromatic rings. The van der Waals surface area contributed by atoms with Crippen LogP contribution in [-0.2, 0) is 0 Å². The fraction of sp³-hybridized carbons (Fsp3) is 0.333. The Balaban J connectivity index is 2.43. The zero-order chi connectivity index (χ0) is 13.1. The predicted octanol–water partition coefficient (Wildman–Crippen LogP) is 0.961. The van der Waals surface area contributed by atoms with Crippen molar-refractivity contribution in [3.05, 3.63) is 30.1 Å². The number of hydrogen-bond acceptors (Lipinski definition) is 6. The van der Waals surface area contributed by atoms with Crippen molar-refractivity contribution >= 4 is 0 Å². The topological polar surface area (TPSA) is 69.0 Å². The zero-order valence-electron chi connectivity index (χ0n) is 10.6. The summed E-state index contributed by atoms with van der Waals surface area (Å²) in [7, 11) is 4.74. The number of nitrogens with zero attached hydrogens (tertiary/aromatic N) is 1. The Labute approximate surface area is 106 Å². The highest BCUT2D eigenvalue weighted by Crippen LogP contribution is 2.40. The van der Waals surface area contributed by atoms with Crippen molar-refractivity contribution in [3.63, 3.8) is 0 Å². The van der Waals surface area contributed by atoms with E-state index in [1.54, 1.807) is 38.7 Å². The van der Waals surface area contributed by atoms with Crippen LogP contribution in [0.3, 0.4) is 0 Å². The standard InChI is InChI=1S/C12H17N3O3/c1-16-9-6-8(12-14-4-5-15(12)13)7-10(17-2)11(9)18-3/h4-7,12,14H,13H2,1-3H3. The van der Waals surface area contributed by atoms with Crippen LogP contribution in [0, 0.1) is 0 Å². The summed E-state index contributed by atoms with van der Waals surface area (Å²) in [5.41, 5.74) is 0.928. The van der Waals surface area contributed by atoms with Gasteiger partial charge in [0, 0.05) is 18.0 Å². The molecule has 98 valence electrons. The minimum atomic E-state index is -0.140. The Morgan fingerprint density at radius 3 is 2.11 bits per heavy atom. The number of rotatable bonds is 4. The molecule has 0 fully saturated rings. The first-order valence-corrected chi connectivity index (χ1v) is 5.47. The highest BCUT2D eigenvalue weighted by molar-refractivity contribution is 5.54. The molecule has 0 aromatic heterocycles. The average Bonchev–Trinajstić information content (AvgIpc) is 2.83. The van der Waals surface area contributed by atoms with Crippen molar-refractivity contribution in [2.75, 3.05) is 21.3 Å². The second-order valence-corrected chi connectivity index (χ2v) is 3.79. The van der Waals surface area contributed by atoms with Gasteiger partial charge in [-0.05, 0) is 12.1 Å². The summed E-state index contributed by atoms with van der Waals surface area (Å²) in [6.45, 7) is 0. The average molecular weight is 251 g/mol. The molecule has 2 rings (SSSR count). The SMILES string of the molecule is COc1cc(C2NC=CN2N)cc(OC)c1OC. The fourth-order valence-electron chi connectivity index (χ4n) is 1.92. The molecule has 1 heterocycles. The van der Waals surface area contributed by atoms with Crippen LogP contribution in [0.4, 0.5) is 0 Å². The van der Waals surface area contributed by atoms with Crippen molar-refractivity contribution in [3.8, 4) is 17.2 Å². The van der Waals surface area contributed by atoms with Crippen molar-refractivity contribution in [2.45, 2.75) is 6.17 Å². The minimum absolute atomic E-state index is 0.140. The molecule has 1 aliphatic heterocycles. The van der Waals surface area contributed by atoms with E-state index in [1.807, 2.05) is 12.1 Å². The molecule has 6 nitrogen and oxygen atoms in total. The van der Waals surface area contributed by atoms with Crippen molar-refractivity contribution in [1.29, 1.82) is 0 Å². The van der Waals surface area contributed by atoms with Gasteiger partial charge >= 0.3 is 0 Å². The predicted molar refractivity (Wildman–Crippen MR) is 67.1 cm³/mol. The Kier molecular flexibility index (Phi) is 3.47. The molecular weight excluding hydrogens is 234 g/mol. The third-order valence-corrected chi connectivity index (χ3v) is 2.80. The number of ether oxygens (including phenoxy) is 3. The summed E-state index contributed by atoms with van der Waals surface area (Å²) in [6, 6.07) is 3.73. The summed E-state index contributed by atoms with van der Waals surface area (Å²) in [5.74, 6) is 7.61. The fourth-order valence-corrected chi connectivity index (χ4v) is 1.92. The molecule has 1 atom stereocenters. The van der Waals surface area contributed by atoms with E-state index >= 15 is 0 Å². The summed E-state index contributed by atoms with van der Waals surface area (Å²) in [6.07, 6.45) is 3.40. The lowest BCUT2D eigenvalue weighted by atomic mass is 10.1. The number of nitrogens with two attached hydrogens (primary N) is 1. The van der Waals surface area contributed by atoms with Crippen LogP contribution in [0.1, 0.15) is 11.7 Å². The van der Waals surface area contributed by atoms with Gasteiger partial charge in [0.05, 0.1) is 21.3 Å². The third-order valence-electron chi connectivity index (χ3n) is 2.80. The van der Waals surface area contributed by atoms with Crippen LogP contribution in [0.15, 0.2) is 24.5 Å². The molecule has 0 spiro atoms. The summed E-state index contributed by atoms with van der Waals surface area (Å²) < 4.78 is 15.9. The lowest BCUT2D eigenvalue weighted by Gasteiger charge is -2.23. The monoisotopic (exact) mass is 251 g/mol. The van der Waals surface area contributed by atoms with E-state index in [0.717, 1.165) is 5.56 Å². The van der Waals surface area contributed by atoms with Gasteiger partial charge < -0.3 is 19.5 Å². The van der Waals surface area contributed by atoms with Gasteiger partial charge in [-0.15, -0.1) is 0 Å². The Hall–Kier alpha value is -2.08. The van der Waals surface area contributed by atoms with Gasteiger partial charge in [0.2, 0.25) is 5.75 Å². The molecule has 0 saturated carbocycles. The molecule has 18 heavy (non-hydrogen) atoms. The van der Waals surface area contributed by atoms with E-state index in [1.165, 1.54) is 0 Å². The number of hydrazine groups is 1. The summed E-state index contributed by atoms with van der Waals surface area (Å²) in [4.78, 5) is 0. The van der Waals surface area contributed by atoms with E-state index in [4.69, 9.17) is 20.1 Å². The molecule has 0 saturated heterocycles. The van der Waals surface area contributed by atoms with Gasteiger partial charge in [0.15, 0.2) is 11.5 Å². The minimum Gasteiger partial charge on any atom is -0.493 e. The molecular formula is C12H17N3O3. The van der Waals surface area contributed by atoms with Gasteiger partial charge in [-0.1, -0.05) is 0 Å². The Bertz CT molecular complexity index is 437. The molecule has 0 radical (unpaired) electrons. The first-order valence-electron chi connectivity index (χ1n) is 5.47. The van der Waals surface area contributed by atoms with Crippen molar-refractivity contribution in [1.82, 2.24) is 10.3 Å². The van der Waals surface area contributed by atoms with E-state index in [9.17, 15) is 0 Å². The van der Waals surface area contributed by atoms with Crippen LogP contribution in [-0.4, -0.2) is 26.3 Å². The molecule has 0 aliphatic carbocycles. The molecule has 0 amide bonds. The van der Waals surface area contributed by atoms with Gasteiger partial charge in [0.25, 0.3) is 0 Å². The van der Waals surface area contributed by atoms with Crippen molar-refractivity contribution < 1.29 is 14.2 Å². The molecule has 1 aliphatic rings. The van der Waals surface area contributed by atoms with Crippen LogP contribution >= 0.6 is 0 Å². The third kappa shape index (κ3) is 2.02. The molecule has 0 bridgehead atoms. The number of nitrogens with one attached hydrogen (secondary N) is 1. The molecule has 6 heteroatoms. The van der Waals surface area contributed by atoms with Gasteiger partial charge in [-0.25, -0.2) is 5.84 Å². The molecule has 3 N–H and O–H groups in total. The van der Waals surface area contributed by atoms with E-state index in [0.29, 0.717) is 17.2 Å². The lowest BCUT2D eigenvalue weighted by Crippen LogP contribution is -2.32. The lowest BCUT2D eigenvalue weighted by molar-refractivity contribution is 0.287. The maximum atomic E-state index is 5.84. The van der Waals surface area contributed by atoms with E-state index in [-0.39, 0.29) is 6.17 Å². The second kappa shape index (κ2) is 5.05. The van der Waals surface area contributed by atoms with Gasteiger partial charge in [-0.3, -0.25) is 5.01 Å². The Morgan fingerprint density at radius 1 is 1.11 bits per heavy atom. The normalized spacial score (nSPS) is 17.6. The quantitative estimate of drug-likeness (QED) is 0.777. The number of benzene rings is 1. The second-order valence-electron chi connectivity index (χ2n) is 3.79. The number of hydrogen-bond donors (Lipinski definition) is 2. The molecule has 1 unspecified atom stereocenters. The Morgan fingerprint density at radius 2 is 1.72 bits per heavy atom. The van der Waals surface area contributed by atoms with E-state index < -0.39 is 0 Å². The maximum Gasteiger partial charge on any atom is 0.203 e. The highest BCUT2D eigenvalue weighted by atomic mass is 16.5. The summed E-state index contributed by atoms with van der Waals surface area (Å²) >= 11 is 0. The number of methoxy groups -OCH3 is 3. The van der Waals surface area contributed by atoms with Gasteiger partial charge in [-0.2, -0.15) is 0 Å². The van der Waals surface area contributed by atoms with E-state index in [2.05, 4.69) is 5.32 Å². The first kappa shape index (κ1) is 12.4. The first-order chi connectivity index (χ1) is 8.71. The zero-order valence-corrected chi connectivity index (χ0v) is 10.6. The smallest absolute Gasteiger partial charge is 0.203 e. The van der Waals surface area contributed by atoms with Crippen LogP contribution in [0.2, 0.25) is 0 Å². The maximum absolute atomic E-state index is 5.84. The van der Waals surface area contributed by atoms with Gasteiger partial charge in [0.1, 0.15) is 6.17 Å². The van der Waals surface area contributed by atoms with Crippen LogP contribution in [0.5, 0.6) is 17.2 Å². The van der Waals surface area contributed by atoms with Crippen LogP contribution in [0.25, 0.3) is 0 Å². The summed E-state index contributed by atoms with van der Waals surface area (Å²) in [5, 5.41) is 4.70. The molecule has 1 aromatic carbocycles. The van der Waals surface area contributed by atoms with Crippen LogP contribution < -0.4 is 25.4 Å². The highest BCUT2D eigenvalue weighted by Gasteiger charge is 2.22. The largest absolute Gasteiger partial charge is 0.493 e. The van der Waals surface area contributed by atoms with Crippen molar-refractivity contribution in [2.24, 2.45) is 5.84 Å².